The van der Waals surface area contributed by atoms with Gasteiger partial charge in [0.05, 0.1) is 22.9 Å². The van der Waals surface area contributed by atoms with E-state index in [1.165, 1.54) is 0 Å². The van der Waals surface area contributed by atoms with Crippen LogP contribution in [0.25, 0.3) is 0 Å². The van der Waals surface area contributed by atoms with Crippen LogP contribution in [0.2, 0.25) is 0 Å². The number of hydrogen-bond acceptors (Lipinski definition) is 5. The van der Waals surface area contributed by atoms with Crippen molar-refractivity contribution >= 4 is 45.4 Å². The van der Waals surface area contributed by atoms with Gasteiger partial charge in [0.1, 0.15) is 6.61 Å². The van der Waals surface area contributed by atoms with Gasteiger partial charge < -0.3 is 19.9 Å². The van der Waals surface area contributed by atoms with Gasteiger partial charge in [-0.05, 0) is 77.4 Å². The number of rotatable bonds is 9. The van der Waals surface area contributed by atoms with E-state index >= 15 is 0 Å². The normalized spacial score (nSPS) is 10.6. The van der Waals surface area contributed by atoms with E-state index in [-0.39, 0.29) is 12.2 Å². The number of hydrazone groups is 1. The van der Waals surface area contributed by atoms with Crippen LogP contribution < -0.4 is 20.2 Å². The number of nitrogens with zero attached hydrogens (tertiary/aromatic N) is 1. The van der Waals surface area contributed by atoms with Crippen LogP contribution in [0.3, 0.4) is 0 Å². The highest BCUT2D eigenvalue weighted by atomic mass is 79.9. The van der Waals surface area contributed by atoms with Gasteiger partial charge in [-0.3, -0.25) is 5.43 Å². The summed E-state index contributed by atoms with van der Waals surface area (Å²) >= 11 is 8.58. The molecule has 9 heteroatoms. The Morgan fingerprint density at radius 1 is 1.24 bits per heavy atom. The molecule has 7 nitrogen and oxygen atoms in total. The van der Waals surface area contributed by atoms with Gasteiger partial charge in [-0.15, -0.1) is 0 Å². The molecule has 2 aromatic carbocycles. The number of benzene rings is 2. The van der Waals surface area contributed by atoms with E-state index in [1.807, 2.05) is 26.0 Å². The number of thiocarbonyl (C=S) groups is 1. The van der Waals surface area contributed by atoms with E-state index in [0.717, 1.165) is 11.1 Å². The highest BCUT2D eigenvalue weighted by Gasteiger charge is 2.12. The van der Waals surface area contributed by atoms with Gasteiger partial charge in [0.15, 0.2) is 16.6 Å². The second-order valence-electron chi connectivity index (χ2n) is 5.78. The van der Waals surface area contributed by atoms with Crippen LogP contribution in [-0.4, -0.2) is 35.6 Å². The molecule has 0 radical (unpaired) electrons. The van der Waals surface area contributed by atoms with Crippen LogP contribution in [0, 0.1) is 0 Å². The summed E-state index contributed by atoms with van der Waals surface area (Å²) in [5, 5.41) is 16.5. The molecular formula is C20H22BrN3O4S. The fourth-order valence-corrected chi connectivity index (χ4v) is 3.10. The lowest BCUT2D eigenvalue weighted by Crippen LogP contribution is -2.31. The van der Waals surface area contributed by atoms with Crippen molar-refractivity contribution in [3.63, 3.8) is 0 Å². The van der Waals surface area contributed by atoms with Crippen molar-refractivity contribution < 1.29 is 19.4 Å². The van der Waals surface area contributed by atoms with Gasteiger partial charge in [0.25, 0.3) is 0 Å². The maximum atomic E-state index is 10.9. The van der Waals surface area contributed by atoms with Crippen molar-refractivity contribution in [2.45, 2.75) is 20.5 Å². The van der Waals surface area contributed by atoms with Crippen LogP contribution in [0.5, 0.6) is 11.5 Å². The molecule has 154 valence electrons. The molecule has 29 heavy (non-hydrogen) atoms. The Kier molecular flexibility index (Phi) is 8.88. The Labute approximate surface area is 183 Å². The minimum atomic E-state index is -0.961. The SMILES string of the molecule is CCNC(=S)N/N=C\c1cc(Br)c(OCc2ccc(C(=O)O)cc2)c(OCC)c1. The zero-order chi connectivity index (χ0) is 21.2. The minimum Gasteiger partial charge on any atom is -0.490 e. The van der Waals surface area contributed by atoms with E-state index in [0.29, 0.717) is 34.2 Å². The lowest BCUT2D eigenvalue weighted by Gasteiger charge is -2.15. The average molecular weight is 480 g/mol. The van der Waals surface area contributed by atoms with Crippen LogP contribution in [0.1, 0.15) is 35.3 Å². The maximum absolute atomic E-state index is 10.9. The molecular weight excluding hydrogens is 458 g/mol. The minimum absolute atomic E-state index is 0.232. The molecule has 0 unspecified atom stereocenters. The van der Waals surface area contributed by atoms with Crippen LogP contribution in [-0.2, 0) is 6.61 Å². The molecule has 0 saturated heterocycles. The number of carboxylic acid groups (broad SMARTS) is 1. The van der Waals surface area contributed by atoms with Gasteiger partial charge in [-0.25, -0.2) is 4.79 Å². The summed E-state index contributed by atoms with van der Waals surface area (Å²) in [6.07, 6.45) is 1.63. The first-order valence-electron chi connectivity index (χ1n) is 8.92. The quantitative estimate of drug-likeness (QED) is 0.285. The molecule has 3 N–H and O–H groups in total. The number of nitrogens with one attached hydrogen (secondary N) is 2. The van der Waals surface area contributed by atoms with Gasteiger partial charge in [0, 0.05) is 6.54 Å². The van der Waals surface area contributed by atoms with Crippen molar-refractivity contribution in [3.8, 4) is 11.5 Å². The third-order valence-corrected chi connectivity index (χ3v) is 4.46. The van der Waals surface area contributed by atoms with Gasteiger partial charge in [-0.2, -0.15) is 5.10 Å². The molecule has 0 spiro atoms. The second kappa shape index (κ2) is 11.4. The Morgan fingerprint density at radius 2 is 1.97 bits per heavy atom. The van der Waals surface area contributed by atoms with Crippen LogP contribution in [0.15, 0.2) is 46.0 Å². The largest absolute Gasteiger partial charge is 0.490 e. The summed E-state index contributed by atoms with van der Waals surface area (Å²) in [6.45, 7) is 5.29. The first-order chi connectivity index (χ1) is 13.9. The molecule has 0 aliphatic rings. The van der Waals surface area contributed by atoms with Crippen molar-refractivity contribution in [1.29, 1.82) is 0 Å². The fraction of sp³-hybridized carbons (Fsp3) is 0.250. The Morgan fingerprint density at radius 3 is 2.59 bits per heavy atom. The van der Waals surface area contributed by atoms with Gasteiger partial charge in [-0.1, -0.05) is 12.1 Å². The average Bonchev–Trinajstić information content (AvgIpc) is 2.68. The Balaban J connectivity index is 2.13. The number of halogens is 1. The van der Waals surface area contributed by atoms with Gasteiger partial charge in [0.2, 0.25) is 0 Å². The molecule has 0 saturated carbocycles. The molecule has 0 atom stereocenters. The van der Waals surface area contributed by atoms with E-state index < -0.39 is 5.97 Å². The van der Waals surface area contributed by atoms with Crippen molar-refractivity contribution in [1.82, 2.24) is 10.7 Å². The molecule has 2 rings (SSSR count). The predicted molar refractivity (Wildman–Crippen MR) is 120 cm³/mol. The first-order valence-corrected chi connectivity index (χ1v) is 10.1. The third kappa shape index (κ3) is 7.03. The monoisotopic (exact) mass is 479 g/mol. The molecule has 0 fully saturated rings. The highest BCUT2D eigenvalue weighted by Crippen LogP contribution is 2.37. The third-order valence-electron chi connectivity index (χ3n) is 3.63. The molecule has 0 aromatic heterocycles. The van der Waals surface area contributed by atoms with Crippen molar-refractivity contribution in [2.24, 2.45) is 5.10 Å². The van der Waals surface area contributed by atoms with Crippen LogP contribution in [0.4, 0.5) is 0 Å². The lowest BCUT2D eigenvalue weighted by atomic mass is 10.1. The number of carbonyl (C=O) groups is 1. The highest BCUT2D eigenvalue weighted by molar-refractivity contribution is 9.10. The van der Waals surface area contributed by atoms with E-state index in [2.05, 4.69) is 31.8 Å². The van der Waals surface area contributed by atoms with E-state index in [4.69, 9.17) is 26.8 Å². The molecule has 0 bridgehead atoms. The Hall–Kier alpha value is -2.65. The number of aromatic carboxylic acids is 1. The fourth-order valence-electron chi connectivity index (χ4n) is 2.33. The first kappa shape index (κ1) is 22.6. The topological polar surface area (TPSA) is 92.2 Å². The van der Waals surface area contributed by atoms with Crippen molar-refractivity contribution in [2.75, 3.05) is 13.2 Å². The lowest BCUT2D eigenvalue weighted by molar-refractivity contribution is 0.0697. The zero-order valence-corrected chi connectivity index (χ0v) is 18.5. The number of carboxylic acids is 1. The summed E-state index contributed by atoms with van der Waals surface area (Å²) in [6, 6.07) is 10.2. The maximum Gasteiger partial charge on any atom is 0.335 e. The predicted octanol–water partition coefficient (Wildman–Crippen LogP) is 3.94. The zero-order valence-electron chi connectivity index (χ0n) is 16.1. The molecule has 0 heterocycles. The van der Waals surface area contributed by atoms with Gasteiger partial charge >= 0.3 is 5.97 Å². The molecule has 2 aromatic rings. The molecule has 0 amide bonds. The standard InChI is InChI=1S/C20H22BrN3O4S/c1-3-22-20(29)24-23-11-14-9-16(21)18(17(10-14)27-4-2)28-12-13-5-7-15(8-6-13)19(25)26/h5-11H,3-4,12H2,1-2H3,(H,25,26)(H2,22,24,29)/b23-11-. The van der Waals surface area contributed by atoms with E-state index in [9.17, 15) is 4.79 Å². The van der Waals surface area contributed by atoms with Crippen molar-refractivity contribution in [3.05, 3.63) is 57.6 Å². The summed E-state index contributed by atoms with van der Waals surface area (Å²) in [5.74, 6) is 0.166. The Bertz CT molecular complexity index is 888. The number of hydrogen-bond donors (Lipinski definition) is 3. The smallest absolute Gasteiger partial charge is 0.335 e. The van der Waals surface area contributed by atoms with E-state index in [1.54, 1.807) is 30.5 Å². The summed E-state index contributed by atoms with van der Waals surface area (Å²) < 4.78 is 12.3. The number of ether oxygens (including phenoxy) is 2. The summed E-state index contributed by atoms with van der Waals surface area (Å²) in [5.41, 5.74) is 4.61. The molecule has 0 aliphatic heterocycles. The summed E-state index contributed by atoms with van der Waals surface area (Å²) in [4.78, 5) is 10.9. The molecule has 0 aliphatic carbocycles. The summed E-state index contributed by atoms with van der Waals surface area (Å²) in [7, 11) is 0. The second-order valence-corrected chi connectivity index (χ2v) is 7.05. The van der Waals surface area contributed by atoms with Crippen LogP contribution >= 0.6 is 28.1 Å².